The van der Waals surface area contributed by atoms with Crippen molar-refractivity contribution in [3.8, 4) is 0 Å². The van der Waals surface area contributed by atoms with Crippen LogP contribution < -0.4 is 5.01 Å². The molecule has 0 saturated heterocycles. The molecule has 0 unspecified atom stereocenters. The van der Waals surface area contributed by atoms with Crippen molar-refractivity contribution in [2.24, 2.45) is 23.1 Å². The van der Waals surface area contributed by atoms with Gasteiger partial charge in [-0.2, -0.15) is 10.2 Å². The van der Waals surface area contributed by atoms with Gasteiger partial charge in [0.2, 0.25) is 0 Å². The number of aryl methyl sites for hydroxylation is 1. The molecule has 0 amide bonds. The summed E-state index contributed by atoms with van der Waals surface area (Å²) in [5, 5.41) is 12.5. The number of rotatable bonds is 6. The molecular weight excluding hydrogens is 348 g/mol. The van der Waals surface area contributed by atoms with E-state index in [1.54, 1.807) is 0 Å². The lowest BCUT2D eigenvalue weighted by Gasteiger charge is -2.33. The molecular formula is C22H28N6. The molecule has 6 nitrogen and oxygen atoms in total. The highest BCUT2D eigenvalue weighted by molar-refractivity contribution is 6.10. The van der Waals surface area contributed by atoms with Crippen molar-refractivity contribution < 1.29 is 0 Å². The minimum Gasteiger partial charge on any atom is -0.346 e. The van der Waals surface area contributed by atoms with Crippen LogP contribution in [0.25, 0.3) is 10.9 Å². The van der Waals surface area contributed by atoms with E-state index in [-0.39, 0.29) is 0 Å². The zero-order valence-electron chi connectivity index (χ0n) is 17.1. The smallest absolute Gasteiger partial charge is 0.146 e. The lowest BCUT2D eigenvalue weighted by molar-refractivity contribution is 0.466. The molecule has 2 aromatic rings. The average Bonchev–Trinajstić information content (AvgIpc) is 3.28. The molecule has 1 aliphatic heterocycles. The molecule has 28 heavy (non-hydrogen) atoms. The topological polar surface area (TPSA) is 49.0 Å². The van der Waals surface area contributed by atoms with E-state index < -0.39 is 5.66 Å². The van der Waals surface area contributed by atoms with Crippen molar-refractivity contribution in [3.05, 3.63) is 48.9 Å². The minimum atomic E-state index is -0.532. The monoisotopic (exact) mass is 376 g/mol. The van der Waals surface area contributed by atoms with Crippen LogP contribution in [0.4, 0.5) is 5.69 Å². The van der Waals surface area contributed by atoms with Gasteiger partial charge in [-0.05, 0) is 70.0 Å². The molecule has 0 atom stereocenters. The third kappa shape index (κ3) is 3.59. The van der Waals surface area contributed by atoms with Gasteiger partial charge in [-0.1, -0.05) is 6.58 Å². The molecule has 0 N–H and O–H groups in total. The zero-order valence-corrected chi connectivity index (χ0v) is 17.1. The summed E-state index contributed by atoms with van der Waals surface area (Å²) in [4.78, 5) is 6.89. The molecule has 0 bridgehead atoms. The highest BCUT2D eigenvalue weighted by Crippen LogP contribution is 2.33. The van der Waals surface area contributed by atoms with Crippen molar-refractivity contribution in [2.75, 3.05) is 11.6 Å². The van der Waals surface area contributed by atoms with Crippen LogP contribution in [-0.2, 0) is 7.05 Å². The van der Waals surface area contributed by atoms with Crippen molar-refractivity contribution in [1.29, 1.82) is 0 Å². The molecule has 4 rings (SSSR count). The summed E-state index contributed by atoms with van der Waals surface area (Å²) in [6.45, 7) is 11.4. The first kappa shape index (κ1) is 18.5. The molecule has 1 saturated carbocycles. The summed E-state index contributed by atoms with van der Waals surface area (Å²) in [7, 11) is 1.94. The third-order valence-electron chi connectivity index (χ3n) is 5.22. The molecule has 1 aliphatic carbocycles. The van der Waals surface area contributed by atoms with Gasteiger partial charge in [-0.3, -0.25) is 9.67 Å². The Labute approximate surface area is 166 Å². The normalized spacial score (nSPS) is 18.9. The van der Waals surface area contributed by atoms with Gasteiger partial charge in [0, 0.05) is 31.4 Å². The summed E-state index contributed by atoms with van der Waals surface area (Å²) < 4.78 is 1.83. The molecule has 2 aliphatic rings. The molecule has 0 radical (unpaired) electrons. The van der Waals surface area contributed by atoms with Gasteiger partial charge in [0.25, 0.3) is 0 Å². The van der Waals surface area contributed by atoms with E-state index in [1.165, 1.54) is 12.8 Å². The van der Waals surface area contributed by atoms with Crippen molar-refractivity contribution in [2.45, 2.75) is 39.3 Å². The maximum Gasteiger partial charge on any atom is 0.146 e. The highest BCUT2D eigenvalue weighted by Gasteiger charge is 2.30. The predicted octanol–water partition coefficient (Wildman–Crippen LogP) is 4.32. The highest BCUT2D eigenvalue weighted by atomic mass is 15.5. The van der Waals surface area contributed by atoms with Crippen LogP contribution in [0.3, 0.4) is 0 Å². The van der Waals surface area contributed by atoms with Crippen molar-refractivity contribution in [1.82, 2.24) is 14.7 Å². The van der Waals surface area contributed by atoms with Gasteiger partial charge in [0.15, 0.2) is 0 Å². The van der Waals surface area contributed by atoms with Gasteiger partial charge < -0.3 is 4.90 Å². The van der Waals surface area contributed by atoms with Gasteiger partial charge in [0.05, 0.1) is 16.9 Å². The lowest BCUT2D eigenvalue weighted by atomic mass is 10.1. The van der Waals surface area contributed by atoms with Crippen LogP contribution >= 0.6 is 0 Å². The number of aromatic nitrogens is 2. The molecule has 6 heteroatoms. The SMILES string of the molecule is C=C1/C(=N\N(c2ccc3nn(C)cc3c2)C(C)(C)N=CC)C=CN1CC1CC1. The van der Waals surface area contributed by atoms with Gasteiger partial charge in [-0.15, -0.1) is 0 Å². The van der Waals surface area contributed by atoms with Gasteiger partial charge in [-0.25, -0.2) is 5.01 Å². The number of anilines is 1. The molecule has 146 valence electrons. The molecule has 2 heterocycles. The number of hydrogen-bond acceptors (Lipinski definition) is 5. The van der Waals surface area contributed by atoms with E-state index in [0.29, 0.717) is 0 Å². The number of nitrogens with zero attached hydrogens (tertiary/aromatic N) is 6. The fourth-order valence-corrected chi connectivity index (χ4v) is 3.58. The maximum atomic E-state index is 4.99. The Hall–Kier alpha value is -2.89. The molecule has 1 fully saturated rings. The van der Waals surface area contributed by atoms with E-state index in [1.807, 2.05) is 48.2 Å². The first-order valence-corrected chi connectivity index (χ1v) is 9.83. The summed E-state index contributed by atoms with van der Waals surface area (Å²) in [6.07, 6.45) is 10.6. The first-order chi connectivity index (χ1) is 13.4. The Balaban J connectivity index is 1.71. The summed E-state index contributed by atoms with van der Waals surface area (Å²) in [6, 6.07) is 6.20. The largest absolute Gasteiger partial charge is 0.346 e. The van der Waals surface area contributed by atoms with Crippen LogP contribution in [0.2, 0.25) is 0 Å². The lowest BCUT2D eigenvalue weighted by Crippen LogP contribution is -2.39. The van der Waals surface area contributed by atoms with Crippen LogP contribution in [0.5, 0.6) is 0 Å². The second-order valence-electron chi connectivity index (χ2n) is 8.08. The number of hydrazone groups is 1. The van der Waals surface area contributed by atoms with Crippen LogP contribution in [0.15, 0.2) is 59.0 Å². The maximum absolute atomic E-state index is 4.99. The Morgan fingerprint density at radius 1 is 1.36 bits per heavy atom. The Morgan fingerprint density at radius 2 is 2.14 bits per heavy atom. The fourth-order valence-electron chi connectivity index (χ4n) is 3.58. The van der Waals surface area contributed by atoms with Crippen LogP contribution in [-0.4, -0.2) is 38.8 Å². The van der Waals surface area contributed by atoms with E-state index >= 15 is 0 Å². The zero-order chi connectivity index (χ0) is 19.9. The van der Waals surface area contributed by atoms with Crippen LogP contribution in [0.1, 0.15) is 33.6 Å². The summed E-state index contributed by atoms with van der Waals surface area (Å²) in [5.41, 5.74) is 3.25. The molecule has 1 aromatic carbocycles. The van der Waals surface area contributed by atoms with E-state index in [0.717, 1.165) is 40.5 Å². The van der Waals surface area contributed by atoms with Crippen molar-refractivity contribution >= 4 is 28.5 Å². The summed E-state index contributed by atoms with van der Waals surface area (Å²) >= 11 is 0. The van der Waals surface area contributed by atoms with Crippen molar-refractivity contribution in [3.63, 3.8) is 0 Å². The van der Waals surface area contributed by atoms with Crippen LogP contribution in [0, 0.1) is 5.92 Å². The molecule has 0 spiro atoms. The average molecular weight is 377 g/mol. The Bertz CT molecular complexity index is 990. The quantitative estimate of drug-likeness (QED) is 0.557. The van der Waals surface area contributed by atoms with Gasteiger partial charge >= 0.3 is 0 Å². The molecule has 1 aromatic heterocycles. The number of fused-ring (bicyclic) bond motifs is 1. The van der Waals surface area contributed by atoms with E-state index in [4.69, 9.17) is 5.10 Å². The minimum absolute atomic E-state index is 0.532. The summed E-state index contributed by atoms with van der Waals surface area (Å²) in [5.74, 6) is 0.797. The Morgan fingerprint density at radius 3 is 2.86 bits per heavy atom. The van der Waals surface area contributed by atoms with E-state index in [9.17, 15) is 0 Å². The van der Waals surface area contributed by atoms with Gasteiger partial charge in [0.1, 0.15) is 11.4 Å². The standard InChI is InChI=1S/C22H28N6/c1-6-23-22(3,4)28(19-9-10-21-18(13-19)15-26(5)24-21)25-20-11-12-27(16(20)2)14-17-7-8-17/h6,9-13,15,17H,2,7-8,14H2,1,3-5H3/b23-6?,25-20-. The number of benzene rings is 1. The second-order valence-corrected chi connectivity index (χ2v) is 8.08. The first-order valence-electron chi connectivity index (χ1n) is 9.83. The second kappa shape index (κ2) is 6.93. The fraction of sp³-hybridized carbons (Fsp3) is 0.409. The third-order valence-corrected chi connectivity index (χ3v) is 5.22. The number of aliphatic imine (C=N–C) groups is 1. The number of allylic oxidation sites excluding steroid dienone is 1. The Kier molecular flexibility index (Phi) is 4.57. The predicted molar refractivity (Wildman–Crippen MR) is 117 cm³/mol. The van der Waals surface area contributed by atoms with E-state index in [2.05, 4.69) is 53.8 Å². The number of hydrogen-bond donors (Lipinski definition) is 0.